The van der Waals surface area contributed by atoms with Gasteiger partial charge in [-0.1, -0.05) is 17.7 Å². The first-order valence-electron chi connectivity index (χ1n) is 10.6. The lowest BCUT2D eigenvalue weighted by Crippen LogP contribution is -2.30. The molecule has 3 aromatic heterocycles. The molecule has 5 rings (SSSR count). The van der Waals surface area contributed by atoms with E-state index in [1.54, 1.807) is 6.20 Å². The number of pyridine rings is 2. The Morgan fingerprint density at radius 3 is 2.45 bits per heavy atom. The predicted octanol–water partition coefficient (Wildman–Crippen LogP) is 5.16. The second-order valence-electron chi connectivity index (χ2n) is 8.05. The van der Waals surface area contributed by atoms with E-state index in [1.807, 2.05) is 62.9 Å². The van der Waals surface area contributed by atoms with Gasteiger partial charge in [-0.3, -0.25) is 4.98 Å². The molecule has 8 heteroatoms. The fraction of sp³-hybridized carbons (Fsp3) is 0.160. The van der Waals surface area contributed by atoms with E-state index in [0.717, 1.165) is 28.6 Å². The van der Waals surface area contributed by atoms with Crippen LogP contribution < -0.4 is 15.1 Å². The number of aromatic nitrogens is 3. The quantitative estimate of drug-likeness (QED) is 0.403. The first-order valence-corrected chi connectivity index (χ1v) is 11.4. The molecule has 1 N–H and O–H groups in total. The number of nitrogens with zero attached hydrogens (tertiary/aromatic N) is 5. The SMILES string of the molecule is CN(C)c1ccc(N2C(=S)NC(c3ccccn3)C2c2cccn2-c2ccc(Cl)cn2)cc1. The summed E-state index contributed by atoms with van der Waals surface area (Å²) >= 11 is 11.9. The zero-order valence-corrected chi connectivity index (χ0v) is 19.8. The smallest absolute Gasteiger partial charge is 0.174 e. The number of rotatable bonds is 5. The van der Waals surface area contributed by atoms with E-state index in [9.17, 15) is 0 Å². The molecule has 2 atom stereocenters. The van der Waals surface area contributed by atoms with E-state index in [-0.39, 0.29) is 12.1 Å². The maximum atomic E-state index is 6.08. The maximum absolute atomic E-state index is 6.08. The van der Waals surface area contributed by atoms with Gasteiger partial charge < -0.3 is 19.7 Å². The van der Waals surface area contributed by atoms with Gasteiger partial charge >= 0.3 is 0 Å². The highest BCUT2D eigenvalue weighted by atomic mass is 35.5. The molecule has 166 valence electrons. The van der Waals surface area contributed by atoms with E-state index in [0.29, 0.717) is 10.1 Å². The summed E-state index contributed by atoms with van der Waals surface area (Å²) < 4.78 is 2.08. The summed E-state index contributed by atoms with van der Waals surface area (Å²) in [6.45, 7) is 0. The Morgan fingerprint density at radius 1 is 0.970 bits per heavy atom. The molecule has 1 aliphatic rings. The summed E-state index contributed by atoms with van der Waals surface area (Å²) in [5.41, 5.74) is 4.11. The normalized spacial score (nSPS) is 17.8. The molecule has 0 saturated carbocycles. The molecule has 1 saturated heterocycles. The van der Waals surface area contributed by atoms with Gasteiger partial charge in [-0.15, -0.1) is 0 Å². The van der Waals surface area contributed by atoms with Crippen LogP contribution in [0.1, 0.15) is 23.5 Å². The number of hydrogen-bond donors (Lipinski definition) is 1. The van der Waals surface area contributed by atoms with Gasteiger partial charge in [0.1, 0.15) is 11.9 Å². The van der Waals surface area contributed by atoms with Gasteiger partial charge in [-0.2, -0.15) is 0 Å². The summed E-state index contributed by atoms with van der Waals surface area (Å²) in [5.74, 6) is 0.792. The second-order valence-corrected chi connectivity index (χ2v) is 8.87. The summed E-state index contributed by atoms with van der Waals surface area (Å²) in [4.78, 5) is 13.4. The monoisotopic (exact) mass is 474 g/mol. The molecule has 1 aromatic carbocycles. The third kappa shape index (κ3) is 4.05. The molecule has 0 amide bonds. The van der Waals surface area contributed by atoms with Gasteiger partial charge in [0, 0.05) is 49.8 Å². The third-order valence-electron chi connectivity index (χ3n) is 5.78. The van der Waals surface area contributed by atoms with Crippen LogP contribution in [0.15, 0.2) is 85.3 Å². The molecule has 0 spiro atoms. The predicted molar refractivity (Wildman–Crippen MR) is 137 cm³/mol. The number of halogens is 1. The fourth-order valence-corrected chi connectivity index (χ4v) is 4.66. The molecule has 0 aliphatic carbocycles. The van der Waals surface area contributed by atoms with Crippen LogP contribution in [0, 0.1) is 0 Å². The van der Waals surface area contributed by atoms with Gasteiger partial charge in [-0.25, -0.2) is 4.98 Å². The lowest BCUT2D eigenvalue weighted by Gasteiger charge is -2.29. The molecule has 1 aliphatic heterocycles. The zero-order valence-electron chi connectivity index (χ0n) is 18.3. The third-order valence-corrected chi connectivity index (χ3v) is 6.32. The van der Waals surface area contributed by atoms with Gasteiger partial charge in [0.15, 0.2) is 5.11 Å². The Labute approximate surface area is 203 Å². The summed E-state index contributed by atoms with van der Waals surface area (Å²) in [6, 6.07) is 22.0. The van der Waals surface area contributed by atoms with Crippen LogP contribution in [0.5, 0.6) is 0 Å². The number of thiocarbonyl (C=S) groups is 1. The first-order chi connectivity index (χ1) is 16.0. The lowest BCUT2D eigenvalue weighted by molar-refractivity contribution is 0.548. The molecule has 1 fully saturated rings. The van der Waals surface area contributed by atoms with Gasteiger partial charge in [0.05, 0.1) is 16.8 Å². The molecular formula is C25H23ClN6S. The van der Waals surface area contributed by atoms with Gasteiger partial charge in [0.2, 0.25) is 0 Å². The van der Waals surface area contributed by atoms with Crippen LogP contribution in [-0.4, -0.2) is 33.7 Å². The van der Waals surface area contributed by atoms with Gasteiger partial charge in [-0.05, 0) is 72.9 Å². The minimum Gasteiger partial charge on any atom is -0.378 e. The van der Waals surface area contributed by atoms with Gasteiger partial charge in [0.25, 0.3) is 0 Å². The summed E-state index contributed by atoms with van der Waals surface area (Å²) in [7, 11) is 4.06. The summed E-state index contributed by atoms with van der Waals surface area (Å²) in [5, 5.41) is 4.77. The molecular weight excluding hydrogens is 452 g/mol. The van der Waals surface area contributed by atoms with Crippen molar-refractivity contribution in [3.63, 3.8) is 0 Å². The van der Waals surface area contributed by atoms with E-state index in [1.165, 1.54) is 0 Å². The minimum absolute atomic E-state index is 0.131. The van der Waals surface area contributed by atoms with Crippen LogP contribution in [0.3, 0.4) is 0 Å². The molecule has 0 radical (unpaired) electrons. The number of anilines is 2. The van der Waals surface area contributed by atoms with Crippen molar-refractivity contribution in [1.29, 1.82) is 0 Å². The van der Waals surface area contributed by atoms with Crippen molar-refractivity contribution in [2.75, 3.05) is 23.9 Å². The molecule has 2 unspecified atom stereocenters. The minimum atomic E-state index is -0.134. The van der Waals surface area contributed by atoms with Crippen LogP contribution in [0.25, 0.3) is 5.82 Å². The van der Waals surface area contributed by atoms with Crippen molar-refractivity contribution in [2.45, 2.75) is 12.1 Å². The second kappa shape index (κ2) is 8.84. The lowest BCUT2D eigenvalue weighted by atomic mass is 10.0. The van der Waals surface area contributed by atoms with E-state index >= 15 is 0 Å². The molecule has 4 heterocycles. The van der Waals surface area contributed by atoms with Crippen LogP contribution in [0.4, 0.5) is 11.4 Å². The zero-order chi connectivity index (χ0) is 22.9. The van der Waals surface area contributed by atoms with E-state index in [4.69, 9.17) is 23.8 Å². The van der Waals surface area contributed by atoms with Crippen molar-refractivity contribution in [2.24, 2.45) is 0 Å². The topological polar surface area (TPSA) is 49.2 Å². The Bertz CT molecular complexity index is 1250. The van der Waals surface area contributed by atoms with Crippen molar-refractivity contribution >= 4 is 40.3 Å². The standard InChI is InChI=1S/C25H23ClN6S/c1-30(2)18-9-11-19(12-10-18)32-24(23(29-25(32)33)20-6-3-4-14-27-20)21-7-5-15-31(21)22-13-8-17(26)16-28-22/h3-16,23-24H,1-2H3,(H,29,33). The van der Waals surface area contributed by atoms with Crippen molar-refractivity contribution in [3.05, 3.63) is 102 Å². The molecule has 6 nitrogen and oxygen atoms in total. The van der Waals surface area contributed by atoms with E-state index in [2.05, 4.69) is 60.0 Å². The number of hydrogen-bond acceptors (Lipinski definition) is 4. The average Bonchev–Trinajstić information content (AvgIpc) is 3.44. The van der Waals surface area contributed by atoms with Crippen molar-refractivity contribution < 1.29 is 0 Å². The average molecular weight is 475 g/mol. The van der Waals surface area contributed by atoms with Crippen LogP contribution >= 0.6 is 23.8 Å². The summed E-state index contributed by atoms with van der Waals surface area (Å²) in [6.07, 6.45) is 5.48. The highest BCUT2D eigenvalue weighted by Crippen LogP contribution is 2.42. The highest BCUT2D eigenvalue weighted by molar-refractivity contribution is 7.80. The largest absolute Gasteiger partial charge is 0.378 e. The molecule has 4 aromatic rings. The van der Waals surface area contributed by atoms with Crippen LogP contribution in [-0.2, 0) is 0 Å². The van der Waals surface area contributed by atoms with E-state index < -0.39 is 0 Å². The molecule has 0 bridgehead atoms. The fourth-order valence-electron chi connectivity index (χ4n) is 4.20. The Kier molecular flexibility index (Phi) is 5.74. The Balaban J connectivity index is 1.63. The maximum Gasteiger partial charge on any atom is 0.174 e. The highest BCUT2D eigenvalue weighted by Gasteiger charge is 2.42. The van der Waals surface area contributed by atoms with Crippen molar-refractivity contribution in [3.8, 4) is 5.82 Å². The number of benzene rings is 1. The first kappa shape index (κ1) is 21.4. The van der Waals surface area contributed by atoms with Crippen LogP contribution in [0.2, 0.25) is 5.02 Å². The Hall–Kier alpha value is -3.42. The van der Waals surface area contributed by atoms with Crippen molar-refractivity contribution in [1.82, 2.24) is 19.9 Å². The number of nitrogens with one attached hydrogen (secondary N) is 1. The Morgan fingerprint density at radius 2 is 1.79 bits per heavy atom. The molecule has 33 heavy (non-hydrogen) atoms.